The maximum Gasteiger partial charge on any atom is 0.314 e. The van der Waals surface area contributed by atoms with E-state index in [4.69, 9.17) is 21.1 Å². The van der Waals surface area contributed by atoms with Crippen molar-refractivity contribution in [3.63, 3.8) is 0 Å². The molecule has 0 aliphatic rings. The molecule has 0 bridgehead atoms. The molecule has 2 aromatic carbocycles. The van der Waals surface area contributed by atoms with Crippen molar-refractivity contribution < 1.29 is 23.7 Å². The van der Waals surface area contributed by atoms with Gasteiger partial charge < -0.3 is 14.5 Å². The number of carbonyl (C=O) groups is 1. The Labute approximate surface area is 196 Å². The number of carbonyl (C=O) groups excluding carboxylic acids is 1. The van der Waals surface area contributed by atoms with Crippen molar-refractivity contribution >= 4 is 24.5 Å². The van der Waals surface area contributed by atoms with Crippen LogP contribution in [0, 0.1) is 17.2 Å². The molecular weight excluding hydrogens is 430 g/mol. The molecule has 1 N–H and O–H groups in total. The smallest absolute Gasteiger partial charge is 0.314 e. The summed E-state index contributed by atoms with van der Waals surface area (Å²) >= 11 is 6.02. The molecule has 0 aromatic heterocycles. The summed E-state index contributed by atoms with van der Waals surface area (Å²) in [4.78, 5) is 12.7. The molecule has 0 radical (unpaired) electrons. The first-order chi connectivity index (χ1) is 15.2. The Morgan fingerprint density at radius 2 is 1.88 bits per heavy atom. The number of rotatable bonds is 12. The molecule has 174 valence electrons. The van der Waals surface area contributed by atoms with E-state index in [2.05, 4.69) is 0 Å². The van der Waals surface area contributed by atoms with Crippen LogP contribution in [-0.2, 0) is 20.7 Å². The number of hydrogen-bond donors (Lipinski definition) is 1. The van der Waals surface area contributed by atoms with Crippen LogP contribution in [0.4, 0.5) is 4.39 Å². The molecule has 0 spiro atoms. The lowest BCUT2D eigenvalue weighted by atomic mass is 9.60. The van der Waals surface area contributed by atoms with E-state index in [1.54, 1.807) is 19.8 Å². The normalized spacial score (nSPS) is 14.0. The molecule has 0 heterocycles. The first-order valence-electron chi connectivity index (χ1n) is 11.2. The van der Waals surface area contributed by atoms with Gasteiger partial charge in [0.1, 0.15) is 5.82 Å². The van der Waals surface area contributed by atoms with Gasteiger partial charge in [-0.25, -0.2) is 4.39 Å². The van der Waals surface area contributed by atoms with Crippen LogP contribution in [0.1, 0.15) is 32.8 Å². The second kappa shape index (κ2) is 12.4. The summed E-state index contributed by atoms with van der Waals surface area (Å²) in [5, 5.41) is 10.5. The molecule has 2 atom stereocenters. The van der Waals surface area contributed by atoms with E-state index in [0.717, 1.165) is 11.1 Å². The van der Waals surface area contributed by atoms with E-state index in [9.17, 15) is 14.2 Å². The minimum Gasteiger partial charge on any atom is -0.466 e. The minimum atomic E-state index is -0.796. The van der Waals surface area contributed by atoms with Gasteiger partial charge in [0.05, 0.1) is 18.6 Å². The maximum atomic E-state index is 14.2. The summed E-state index contributed by atoms with van der Waals surface area (Å²) < 4.78 is 25.1. The zero-order valence-corrected chi connectivity index (χ0v) is 20.1. The fourth-order valence-corrected chi connectivity index (χ4v) is 4.24. The largest absolute Gasteiger partial charge is 0.466 e. The van der Waals surface area contributed by atoms with Crippen LogP contribution < -0.4 is 0 Å². The lowest BCUT2D eigenvalue weighted by Crippen LogP contribution is -2.37. The summed E-state index contributed by atoms with van der Waals surface area (Å²) in [6, 6.07) is 12.1. The highest BCUT2D eigenvalue weighted by Crippen LogP contribution is 2.33. The van der Waals surface area contributed by atoms with E-state index in [1.807, 2.05) is 38.1 Å². The Morgan fingerprint density at radius 3 is 2.47 bits per heavy atom. The van der Waals surface area contributed by atoms with Gasteiger partial charge in [-0.1, -0.05) is 42.7 Å². The van der Waals surface area contributed by atoms with Crippen molar-refractivity contribution in [2.75, 3.05) is 19.8 Å². The molecule has 4 nitrogen and oxygen atoms in total. The number of ether oxygens (including phenoxy) is 2. The standard InChI is InChI=1S/C25H33BClFO4/c1-5-31-17-25(3,24(29)32-6-2)15-19(16-26(4)30)13-18-7-9-20(10-8-18)22-14-21(27)11-12-23(22)28/h7-12,14,19,30H,5-6,13,15-17H2,1-4H3/t19-,25+/m1/s1. The molecule has 0 saturated carbocycles. The van der Waals surface area contributed by atoms with Gasteiger partial charge in [0.2, 0.25) is 0 Å². The summed E-state index contributed by atoms with van der Waals surface area (Å²) in [7, 11) is 0. The summed E-state index contributed by atoms with van der Waals surface area (Å²) in [6.07, 6.45) is 1.75. The van der Waals surface area contributed by atoms with Crippen molar-refractivity contribution in [3.8, 4) is 11.1 Å². The first-order valence-corrected chi connectivity index (χ1v) is 11.5. The van der Waals surface area contributed by atoms with Crippen LogP contribution in [-0.4, -0.2) is 37.7 Å². The molecule has 0 saturated heterocycles. The van der Waals surface area contributed by atoms with Crippen LogP contribution in [0.2, 0.25) is 18.2 Å². The summed E-state index contributed by atoms with van der Waals surface area (Å²) in [5.41, 5.74) is 1.45. The van der Waals surface area contributed by atoms with Gasteiger partial charge in [-0.2, -0.15) is 0 Å². The van der Waals surface area contributed by atoms with E-state index in [0.29, 0.717) is 43.0 Å². The maximum absolute atomic E-state index is 14.2. The number of halogens is 2. The second-order valence-corrected chi connectivity index (χ2v) is 9.03. The van der Waals surface area contributed by atoms with Gasteiger partial charge >= 0.3 is 5.97 Å². The Morgan fingerprint density at radius 1 is 1.19 bits per heavy atom. The van der Waals surface area contributed by atoms with Crippen LogP contribution in [0.15, 0.2) is 42.5 Å². The van der Waals surface area contributed by atoms with Crippen molar-refractivity contribution in [2.24, 2.45) is 11.3 Å². The molecule has 2 rings (SSSR count). The topological polar surface area (TPSA) is 55.8 Å². The highest BCUT2D eigenvalue weighted by atomic mass is 35.5. The van der Waals surface area contributed by atoms with Crippen LogP contribution >= 0.6 is 11.6 Å². The van der Waals surface area contributed by atoms with E-state index in [-0.39, 0.29) is 24.3 Å². The lowest BCUT2D eigenvalue weighted by Gasteiger charge is -2.31. The molecular formula is C25H33BClFO4. The zero-order chi connectivity index (χ0) is 23.7. The minimum absolute atomic E-state index is 0.0404. The quantitative estimate of drug-likeness (QED) is 0.314. The van der Waals surface area contributed by atoms with Gasteiger partial charge in [0, 0.05) is 17.2 Å². The number of hydrogen-bond acceptors (Lipinski definition) is 4. The van der Waals surface area contributed by atoms with E-state index < -0.39 is 12.3 Å². The van der Waals surface area contributed by atoms with Crippen molar-refractivity contribution in [1.29, 1.82) is 0 Å². The van der Waals surface area contributed by atoms with Crippen molar-refractivity contribution in [3.05, 3.63) is 58.9 Å². The summed E-state index contributed by atoms with van der Waals surface area (Å²) in [5.74, 6) is -0.565. The third kappa shape index (κ3) is 7.61. The van der Waals surface area contributed by atoms with Gasteiger partial charge in [0.15, 0.2) is 0 Å². The molecule has 0 aliphatic heterocycles. The highest BCUT2D eigenvalue weighted by molar-refractivity contribution is 6.48. The van der Waals surface area contributed by atoms with Crippen molar-refractivity contribution in [2.45, 2.75) is 46.8 Å². The average Bonchev–Trinajstić information content (AvgIpc) is 2.74. The Hall–Kier alpha value is -1.89. The Balaban J connectivity index is 2.22. The SMILES string of the molecule is CCOC[C@](C)(C[C@H](CB(C)O)Cc1ccc(-c2cc(Cl)ccc2F)cc1)C(=O)OCC. The fourth-order valence-electron chi connectivity index (χ4n) is 4.06. The molecule has 0 fully saturated rings. The van der Waals surface area contributed by atoms with E-state index >= 15 is 0 Å². The molecule has 7 heteroatoms. The lowest BCUT2D eigenvalue weighted by molar-refractivity contribution is -0.159. The third-order valence-electron chi connectivity index (χ3n) is 5.52. The molecule has 2 aromatic rings. The highest BCUT2D eigenvalue weighted by Gasteiger charge is 2.38. The number of benzene rings is 2. The molecule has 0 aliphatic carbocycles. The molecule has 0 unspecified atom stereocenters. The predicted octanol–water partition coefficient (Wildman–Crippen LogP) is 5.91. The van der Waals surface area contributed by atoms with Crippen molar-refractivity contribution in [1.82, 2.24) is 0 Å². The summed E-state index contributed by atoms with van der Waals surface area (Å²) in [6.45, 7) is 7.88. The number of esters is 1. The third-order valence-corrected chi connectivity index (χ3v) is 5.76. The second-order valence-electron chi connectivity index (χ2n) is 8.60. The predicted molar refractivity (Wildman–Crippen MR) is 129 cm³/mol. The fraction of sp³-hybridized carbons (Fsp3) is 0.480. The van der Waals surface area contributed by atoms with Gasteiger partial charge in [0.25, 0.3) is 6.92 Å². The first kappa shape index (κ1) is 26.4. The van der Waals surface area contributed by atoms with Crippen LogP contribution in [0.25, 0.3) is 11.1 Å². The Bertz CT molecular complexity index is 875. The van der Waals surface area contributed by atoms with E-state index in [1.165, 1.54) is 12.1 Å². The monoisotopic (exact) mass is 462 g/mol. The van der Waals surface area contributed by atoms with Crippen LogP contribution in [0.5, 0.6) is 0 Å². The molecule has 0 amide bonds. The molecule has 32 heavy (non-hydrogen) atoms. The van der Waals surface area contributed by atoms with Gasteiger partial charge in [-0.3, -0.25) is 4.79 Å². The Kier molecular flexibility index (Phi) is 10.2. The van der Waals surface area contributed by atoms with Crippen LogP contribution in [0.3, 0.4) is 0 Å². The average molecular weight is 463 g/mol. The van der Waals surface area contributed by atoms with Gasteiger partial charge in [-0.05, 0) is 75.2 Å². The van der Waals surface area contributed by atoms with Gasteiger partial charge in [-0.15, -0.1) is 0 Å². The zero-order valence-electron chi connectivity index (χ0n) is 19.4.